The lowest BCUT2D eigenvalue weighted by Crippen LogP contribution is -2.49. The molecule has 4 N–H and O–H groups in total. The molecule has 3 amide bonds. The number of nitrogens with two attached hydrogens (primary N) is 1. The minimum atomic E-state index is -0.386. The molecular formula is C15H21N3O4. The van der Waals surface area contributed by atoms with E-state index in [0.29, 0.717) is 17.7 Å². The fourth-order valence-corrected chi connectivity index (χ4v) is 2.78. The highest BCUT2D eigenvalue weighted by Gasteiger charge is 2.30. The number of furan rings is 1. The Bertz CT molecular complexity index is 567. The number of primary amides is 1. The van der Waals surface area contributed by atoms with Gasteiger partial charge in [0.25, 0.3) is 5.91 Å². The van der Waals surface area contributed by atoms with E-state index < -0.39 is 0 Å². The number of hydrogen-bond donors (Lipinski definition) is 3. The van der Waals surface area contributed by atoms with Crippen molar-refractivity contribution in [2.75, 3.05) is 6.54 Å². The van der Waals surface area contributed by atoms with Crippen molar-refractivity contribution in [3.05, 3.63) is 23.7 Å². The number of amides is 3. The molecule has 1 fully saturated rings. The Hall–Kier alpha value is -2.31. The Morgan fingerprint density at radius 3 is 2.68 bits per heavy atom. The largest absolute Gasteiger partial charge is 0.469 e. The first kappa shape index (κ1) is 16.1. The van der Waals surface area contributed by atoms with Gasteiger partial charge in [-0.2, -0.15) is 0 Å². The Balaban J connectivity index is 1.83. The van der Waals surface area contributed by atoms with Crippen LogP contribution in [-0.4, -0.2) is 30.3 Å². The van der Waals surface area contributed by atoms with Gasteiger partial charge in [-0.1, -0.05) is 12.8 Å². The van der Waals surface area contributed by atoms with Gasteiger partial charge in [-0.15, -0.1) is 0 Å². The highest BCUT2D eigenvalue weighted by molar-refractivity contribution is 5.97. The zero-order valence-corrected chi connectivity index (χ0v) is 12.6. The smallest absolute Gasteiger partial charge is 0.255 e. The van der Waals surface area contributed by atoms with Crippen LogP contribution in [0.4, 0.5) is 0 Å². The Morgan fingerprint density at radius 2 is 2.05 bits per heavy atom. The molecule has 0 spiro atoms. The van der Waals surface area contributed by atoms with Gasteiger partial charge in [-0.25, -0.2) is 0 Å². The SMILES string of the molecule is Cc1occc1C(=O)NCC(=O)N[C@@H]1CCCC[C@@H]1C(N)=O. The summed E-state index contributed by atoms with van der Waals surface area (Å²) in [7, 11) is 0. The first-order chi connectivity index (χ1) is 10.5. The van der Waals surface area contributed by atoms with Crippen molar-refractivity contribution in [2.45, 2.75) is 38.6 Å². The van der Waals surface area contributed by atoms with Gasteiger partial charge < -0.3 is 20.8 Å². The number of nitrogens with one attached hydrogen (secondary N) is 2. The summed E-state index contributed by atoms with van der Waals surface area (Å²) in [5, 5.41) is 5.32. The predicted molar refractivity (Wildman–Crippen MR) is 78.9 cm³/mol. The second kappa shape index (κ2) is 7.11. The topological polar surface area (TPSA) is 114 Å². The molecule has 120 valence electrons. The molecule has 2 rings (SSSR count). The van der Waals surface area contributed by atoms with Gasteiger partial charge >= 0.3 is 0 Å². The van der Waals surface area contributed by atoms with E-state index in [9.17, 15) is 14.4 Å². The molecular weight excluding hydrogens is 286 g/mol. The molecule has 1 aromatic rings. The van der Waals surface area contributed by atoms with Crippen molar-refractivity contribution in [3.8, 4) is 0 Å². The van der Waals surface area contributed by atoms with Gasteiger partial charge in [-0.05, 0) is 25.8 Å². The molecule has 7 nitrogen and oxygen atoms in total. The van der Waals surface area contributed by atoms with Crippen LogP contribution < -0.4 is 16.4 Å². The summed E-state index contributed by atoms with van der Waals surface area (Å²) < 4.78 is 5.04. The minimum absolute atomic E-state index is 0.147. The molecule has 1 saturated carbocycles. The maximum atomic E-state index is 11.9. The number of carbonyl (C=O) groups excluding carboxylic acids is 3. The van der Waals surface area contributed by atoms with Gasteiger partial charge in [0.15, 0.2) is 0 Å². The van der Waals surface area contributed by atoms with E-state index in [2.05, 4.69) is 10.6 Å². The standard InChI is InChI=1S/C15H21N3O4/c1-9-10(6-7-22-9)15(21)17-8-13(19)18-12-5-3-2-4-11(12)14(16)20/h6-7,11-12H,2-5,8H2,1H3,(H2,16,20)(H,17,21)(H,18,19)/t11-,12+/m0/s1. The Labute approximate surface area is 128 Å². The van der Waals surface area contributed by atoms with Crippen LogP contribution in [0.2, 0.25) is 0 Å². The van der Waals surface area contributed by atoms with E-state index in [0.717, 1.165) is 19.3 Å². The van der Waals surface area contributed by atoms with Crippen LogP contribution in [0.5, 0.6) is 0 Å². The Morgan fingerprint density at radius 1 is 1.32 bits per heavy atom. The van der Waals surface area contributed by atoms with E-state index in [1.165, 1.54) is 6.26 Å². The van der Waals surface area contributed by atoms with Crippen LogP contribution in [0.25, 0.3) is 0 Å². The van der Waals surface area contributed by atoms with Gasteiger partial charge in [0.05, 0.1) is 24.3 Å². The van der Waals surface area contributed by atoms with Crippen molar-refractivity contribution in [1.82, 2.24) is 10.6 Å². The third-order valence-electron chi connectivity index (χ3n) is 3.99. The van der Waals surface area contributed by atoms with E-state index >= 15 is 0 Å². The first-order valence-corrected chi connectivity index (χ1v) is 7.40. The average Bonchev–Trinajstić information content (AvgIpc) is 2.91. The molecule has 2 atom stereocenters. The molecule has 0 aliphatic heterocycles. The third kappa shape index (κ3) is 3.87. The normalized spacial score (nSPS) is 21.1. The van der Waals surface area contributed by atoms with E-state index in [1.54, 1.807) is 13.0 Å². The number of hydrogen-bond acceptors (Lipinski definition) is 4. The molecule has 0 radical (unpaired) electrons. The minimum Gasteiger partial charge on any atom is -0.469 e. The number of rotatable bonds is 5. The second-order valence-electron chi connectivity index (χ2n) is 5.54. The molecule has 1 aliphatic carbocycles. The van der Waals surface area contributed by atoms with Crippen molar-refractivity contribution in [3.63, 3.8) is 0 Å². The van der Waals surface area contributed by atoms with E-state index in [-0.39, 0.29) is 36.2 Å². The van der Waals surface area contributed by atoms with Crippen molar-refractivity contribution in [2.24, 2.45) is 11.7 Å². The van der Waals surface area contributed by atoms with Crippen LogP contribution in [0.15, 0.2) is 16.7 Å². The summed E-state index contributed by atoms with van der Waals surface area (Å²) in [6, 6.07) is 1.30. The summed E-state index contributed by atoms with van der Waals surface area (Å²) >= 11 is 0. The van der Waals surface area contributed by atoms with Crippen molar-refractivity contribution in [1.29, 1.82) is 0 Å². The fraction of sp³-hybridized carbons (Fsp3) is 0.533. The summed E-state index contributed by atoms with van der Waals surface area (Å²) in [6.07, 6.45) is 4.74. The Kier molecular flexibility index (Phi) is 5.19. The maximum Gasteiger partial charge on any atom is 0.255 e. The van der Waals surface area contributed by atoms with Crippen molar-refractivity contribution < 1.29 is 18.8 Å². The van der Waals surface area contributed by atoms with Gasteiger partial charge in [-0.3, -0.25) is 14.4 Å². The molecule has 0 bridgehead atoms. The molecule has 0 aromatic carbocycles. The monoisotopic (exact) mass is 307 g/mol. The quantitative estimate of drug-likeness (QED) is 0.734. The fourth-order valence-electron chi connectivity index (χ4n) is 2.78. The van der Waals surface area contributed by atoms with E-state index in [4.69, 9.17) is 10.2 Å². The highest BCUT2D eigenvalue weighted by atomic mass is 16.3. The lowest BCUT2D eigenvalue weighted by Gasteiger charge is -2.29. The summed E-state index contributed by atoms with van der Waals surface area (Å²) in [5.74, 6) is -0.907. The van der Waals surface area contributed by atoms with Crippen molar-refractivity contribution >= 4 is 17.7 Å². The average molecular weight is 307 g/mol. The zero-order valence-electron chi connectivity index (χ0n) is 12.6. The summed E-state index contributed by atoms with van der Waals surface area (Å²) in [5.41, 5.74) is 5.77. The van der Waals surface area contributed by atoms with Gasteiger partial charge in [0, 0.05) is 6.04 Å². The second-order valence-corrected chi connectivity index (χ2v) is 5.54. The molecule has 0 saturated heterocycles. The maximum absolute atomic E-state index is 11.9. The van der Waals surface area contributed by atoms with Crippen LogP contribution in [-0.2, 0) is 9.59 Å². The van der Waals surface area contributed by atoms with Gasteiger partial charge in [0.2, 0.25) is 11.8 Å². The predicted octanol–water partition coefficient (Wildman–Crippen LogP) is 0.478. The van der Waals surface area contributed by atoms with Gasteiger partial charge in [0.1, 0.15) is 5.76 Å². The summed E-state index contributed by atoms with van der Waals surface area (Å²) in [6.45, 7) is 1.53. The zero-order chi connectivity index (χ0) is 16.1. The molecule has 7 heteroatoms. The van der Waals surface area contributed by atoms with Crippen LogP contribution in [0.1, 0.15) is 41.8 Å². The van der Waals surface area contributed by atoms with E-state index in [1.807, 2.05) is 0 Å². The van der Waals surface area contributed by atoms with Crippen LogP contribution >= 0.6 is 0 Å². The third-order valence-corrected chi connectivity index (χ3v) is 3.99. The molecule has 1 aliphatic rings. The number of aryl methyl sites for hydroxylation is 1. The molecule has 22 heavy (non-hydrogen) atoms. The molecule has 0 unspecified atom stereocenters. The molecule has 1 aromatic heterocycles. The number of carbonyl (C=O) groups is 3. The first-order valence-electron chi connectivity index (χ1n) is 7.40. The molecule has 1 heterocycles. The lowest BCUT2D eigenvalue weighted by atomic mass is 9.84. The van der Waals surface area contributed by atoms with Crippen LogP contribution in [0, 0.1) is 12.8 Å². The van der Waals surface area contributed by atoms with Crippen LogP contribution in [0.3, 0.4) is 0 Å². The highest BCUT2D eigenvalue weighted by Crippen LogP contribution is 2.24. The lowest BCUT2D eigenvalue weighted by molar-refractivity contribution is -0.125. The summed E-state index contributed by atoms with van der Waals surface area (Å²) in [4.78, 5) is 35.2.